The number of rotatable bonds is 4. The molecule has 1 N–H and O–H groups in total. The van der Waals surface area contributed by atoms with E-state index in [1.54, 1.807) is 6.07 Å². The first-order valence-corrected chi connectivity index (χ1v) is 7.43. The maximum absolute atomic E-state index is 13.8. The van der Waals surface area contributed by atoms with Gasteiger partial charge < -0.3 is 5.32 Å². The van der Waals surface area contributed by atoms with E-state index in [9.17, 15) is 4.39 Å². The van der Waals surface area contributed by atoms with Crippen LogP contribution in [0, 0.1) is 11.7 Å². The van der Waals surface area contributed by atoms with Gasteiger partial charge in [0.1, 0.15) is 5.82 Å². The largest absolute Gasteiger partial charge is 0.316 e. The lowest BCUT2D eigenvalue weighted by atomic mass is 9.93. The first kappa shape index (κ1) is 13.2. The number of benzene rings is 1. The summed E-state index contributed by atoms with van der Waals surface area (Å²) in [6.07, 6.45) is 1.94. The maximum Gasteiger partial charge on any atom is 0.145 e. The molecule has 1 fully saturated rings. The third-order valence-electron chi connectivity index (χ3n) is 3.38. The molecule has 2 rings (SSSR count). The predicted octanol–water partition coefficient (Wildman–Crippen LogP) is 3.36. The summed E-state index contributed by atoms with van der Waals surface area (Å²) in [7, 11) is 1.95. The average molecular weight is 274 g/mol. The molecule has 0 aliphatic carbocycles. The molecular weight excluding hydrogens is 257 g/mol. The Hall–Kier alpha value is -0.250. The van der Waals surface area contributed by atoms with E-state index in [2.05, 4.69) is 5.32 Å². The molecule has 17 heavy (non-hydrogen) atoms. The lowest BCUT2D eigenvalue weighted by Crippen LogP contribution is -2.35. The molecule has 0 spiro atoms. The van der Waals surface area contributed by atoms with Gasteiger partial charge in [0, 0.05) is 6.04 Å². The summed E-state index contributed by atoms with van der Waals surface area (Å²) in [6, 6.07) is 5.59. The Kier molecular flexibility index (Phi) is 4.71. The third kappa shape index (κ3) is 3.15. The number of nitrogens with one attached hydrogen (secondary N) is 1. The second kappa shape index (κ2) is 6.07. The van der Waals surface area contributed by atoms with Gasteiger partial charge in [0.25, 0.3) is 0 Å². The van der Waals surface area contributed by atoms with Crippen LogP contribution in [0.3, 0.4) is 0 Å². The van der Waals surface area contributed by atoms with Crippen LogP contribution in [0.2, 0.25) is 5.02 Å². The van der Waals surface area contributed by atoms with Crippen molar-refractivity contribution in [2.75, 3.05) is 18.6 Å². The fraction of sp³-hybridized carbons (Fsp3) is 0.538. The topological polar surface area (TPSA) is 12.0 Å². The highest BCUT2D eigenvalue weighted by Gasteiger charge is 2.25. The van der Waals surface area contributed by atoms with Gasteiger partial charge in [-0.3, -0.25) is 0 Å². The van der Waals surface area contributed by atoms with Crippen LogP contribution in [-0.4, -0.2) is 24.6 Å². The highest BCUT2D eigenvalue weighted by molar-refractivity contribution is 7.99. The van der Waals surface area contributed by atoms with Crippen molar-refractivity contribution in [1.29, 1.82) is 0 Å². The highest BCUT2D eigenvalue weighted by Crippen LogP contribution is 2.28. The maximum atomic E-state index is 13.8. The normalized spacial score (nSPS) is 21.7. The van der Waals surface area contributed by atoms with Crippen molar-refractivity contribution in [3.05, 3.63) is 34.6 Å². The molecule has 0 saturated carbocycles. The van der Waals surface area contributed by atoms with Gasteiger partial charge in [0.15, 0.2) is 0 Å². The summed E-state index contributed by atoms with van der Waals surface area (Å²) in [5, 5.41) is 3.54. The van der Waals surface area contributed by atoms with E-state index < -0.39 is 0 Å². The molecule has 0 aromatic heterocycles. The zero-order valence-corrected chi connectivity index (χ0v) is 11.5. The zero-order valence-electron chi connectivity index (χ0n) is 9.88. The van der Waals surface area contributed by atoms with Crippen molar-refractivity contribution in [2.45, 2.75) is 18.9 Å². The van der Waals surface area contributed by atoms with Crippen LogP contribution in [0.25, 0.3) is 0 Å². The van der Waals surface area contributed by atoms with E-state index in [4.69, 9.17) is 11.6 Å². The van der Waals surface area contributed by atoms with E-state index in [0.29, 0.717) is 23.9 Å². The molecule has 94 valence electrons. The molecule has 2 unspecified atom stereocenters. The molecule has 1 aromatic rings. The lowest BCUT2D eigenvalue weighted by Gasteiger charge is -2.22. The Morgan fingerprint density at radius 1 is 1.59 bits per heavy atom. The lowest BCUT2D eigenvalue weighted by molar-refractivity contribution is 0.399. The van der Waals surface area contributed by atoms with Crippen LogP contribution in [0.4, 0.5) is 4.39 Å². The van der Waals surface area contributed by atoms with Crippen molar-refractivity contribution < 1.29 is 4.39 Å². The highest BCUT2D eigenvalue weighted by atomic mass is 35.5. The second-order valence-electron chi connectivity index (χ2n) is 4.44. The van der Waals surface area contributed by atoms with E-state index >= 15 is 0 Å². The summed E-state index contributed by atoms with van der Waals surface area (Å²) in [4.78, 5) is 0. The minimum Gasteiger partial charge on any atom is -0.316 e. The summed E-state index contributed by atoms with van der Waals surface area (Å²) < 4.78 is 13.8. The summed E-state index contributed by atoms with van der Waals surface area (Å²) >= 11 is 7.78. The Labute approximate surface area is 111 Å². The average Bonchev–Trinajstić information content (AvgIpc) is 2.85. The van der Waals surface area contributed by atoms with Gasteiger partial charge in [0.05, 0.1) is 5.02 Å². The second-order valence-corrected chi connectivity index (χ2v) is 5.99. The summed E-state index contributed by atoms with van der Waals surface area (Å²) in [6.45, 7) is 0. The Morgan fingerprint density at radius 2 is 2.41 bits per heavy atom. The summed E-state index contributed by atoms with van der Waals surface area (Å²) in [5.41, 5.74) is 0.716. The molecular formula is C13H17ClFNS. The predicted molar refractivity (Wildman–Crippen MR) is 73.4 cm³/mol. The molecule has 2 atom stereocenters. The molecule has 1 nitrogen and oxygen atoms in total. The van der Waals surface area contributed by atoms with Gasteiger partial charge in [-0.25, -0.2) is 4.39 Å². The molecule has 0 amide bonds. The number of halogens is 2. The third-order valence-corrected chi connectivity index (χ3v) is 4.86. The molecule has 1 heterocycles. The molecule has 0 bridgehead atoms. The SMILES string of the molecule is CNC(Cc1cccc(Cl)c1F)C1CCSC1. The van der Waals surface area contributed by atoms with Crippen LogP contribution in [0.15, 0.2) is 18.2 Å². The van der Waals surface area contributed by atoms with Gasteiger partial charge in [-0.05, 0) is 48.9 Å². The van der Waals surface area contributed by atoms with Gasteiger partial charge in [-0.2, -0.15) is 11.8 Å². The van der Waals surface area contributed by atoms with E-state index in [1.165, 1.54) is 17.9 Å². The molecule has 1 saturated heterocycles. The fourth-order valence-corrected chi connectivity index (χ4v) is 3.85. The van der Waals surface area contributed by atoms with Crippen molar-refractivity contribution in [2.24, 2.45) is 5.92 Å². The molecule has 1 aliphatic heterocycles. The van der Waals surface area contributed by atoms with Crippen LogP contribution >= 0.6 is 23.4 Å². The fourth-order valence-electron chi connectivity index (χ4n) is 2.32. The number of thioether (sulfide) groups is 1. The molecule has 0 radical (unpaired) electrons. The minimum absolute atomic E-state index is 0.221. The van der Waals surface area contributed by atoms with Gasteiger partial charge in [0.2, 0.25) is 0 Å². The molecule has 4 heteroatoms. The van der Waals surface area contributed by atoms with Crippen LogP contribution < -0.4 is 5.32 Å². The van der Waals surface area contributed by atoms with Gasteiger partial charge in [-0.1, -0.05) is 23.7 Å². The monoisotopic (exact) mass is 273 g/mol. The van der Waals surface area contributed by atoms with E-state index in [-0.39, 0.29) is 10.8 Å². The quantitative estimate of drug-likeness (QED) is 0.903. The smallest absolute Gasteiger partial charge is 0.145 e. The van der Waals surface area contributed by atoms with E-state index in [1.807, 2.05) is 30.9 Å². The van der Waals surface area contributed by atoms with Crippen molar-refractivity contribution in [3.63, 3.8) is 0 Å². The van der Waals surface area contributed by atoms with Crippen molar-refractivity contribution in [1.82, 2.24) is 5.32 Å². The van der Waals surface area contributed by atoms with E-state index in [0.717, 1.165) is 0 Å². The Bertz CT molecular complexity index is 380. The summed E-state index contributed by atoms with van der Waals surface area (Å²) in [5.74, 6) is 2.78. The molecule has 1 aliphatic rings. The Morgan fingerprint density at radius 3 is 3.06 bits per heavy atom. The first-order valence-electron chi connectivity index (χ1n) is 5.90. The van der Waals surface area contributed by atoms with Crippen molar-refractivity contribution in [3.8, 4) is 0 Å². The number of hydrogen-bond acceptors (Lipinski definition) is 2. The minimum atomic E-state index is -0.264. The van der Waals surface area contributed by atoms with Crippen LogP contribution in [0.1, 0.15) is 12.0 Å². The van der Waals surface area contributed by atoms with Gasteiger partial charge >= 0.3 is 0 Å². The number of hydrogen-bond donors (Lipinski definition) is 1. The first-order chi connectivity index (χ1) is 8.22. The van der Waals surface area contributed by atoms with Crippen LogP contribution in [0.5, 0.6) is 0 Å². The van der Waals surface area contributed by atoms with Crippen LogP contribution in [-0.2, 0) is 6.42 Å². The Balaban J connectivity index is 2.09. The number of likely N-dealkylation sites (N-methyl/N-ethyl adjacent to an activating group) is 1. The molecule has 1 aromatic carbocycles. The standard InChI is InChI=1S/C13H17ClFNS/c1-16-12(10-5-6-17-8-10)7-9-3-2-4-11(14)13(9)15/h2-4,10,12,16H,5-8H2,1H3. The van der Waals surface area contributed by atoms with Crippen molar-refractivity contribution >= 4 is 23.4 Å². The zero-order chi connectivity index (χ0) is 12.3. The van der Waals surface area contributed by atoms with Gasteiger partial charge in [-0.15, -0.1) is 0 Å².